The highest BCUT2D eigenvalue weighted by Crippen LogP contribution is 2.36. The fourth-order valence-corrected chi connectivity index (χ4v) is 3.75. The maximum absolute atomic E-state index is 12.0. The molecule has 1 aliphatic carbocycles. The summed E-state index contributed by atoms with van der Waals surface area (Å²) < 4.78 is 1.74. The maximum Gasteiger partial charge on any atom is 0.252 e. The highest BCUT2D eigenvalue weighted by molar-refractivity contribution is 6.02. The minimum Gasteiger partial charge on any atom is -0.381 e. The van der Waals surface area contributed by atoms with Crippen LogP contribution in [0.2, 0.25) is 0 Å². The van der Waals surface area contributed by atoms with Gasteiger partial charge in [0.1, 0.15) is 5.60 Å². The quantitative estimate of drug-likeness (QED) is 0.433. The number of hydrogen-bond acceptors (Lipinski definition) is 5. The van der Waals surface area contributed by atoms with Crippen molar-refractivity contribution in [3.05, 3.63) is 53.9 Å². The van der Waals surface area contributed by atoms with E-state index >= 15 is 0 Å². The van der Waals surface area contributed by atoms with Crippen LogP contribution < -0.4 is 16.4 Å². The number of rotatable bonds is 8. The summed E-state index contributed by atoms with van der Waals surface area (Å²) in [5, 5.41) is 20.4. The Morgan fingerprint density at radius 2 is 2.03 bits per heavy atom. The van der Waals surface area contributed by atoms with E-state index in [0.29, 0.717) is 23.7 Å². The molecule has 3 aromatic rings. The Morgan fingerprint density at radius 1 is 1.28 bits per heavy atom. The predicted molar refractivity (Wildman–Crippen MR) is 123 cm³/mol. The number of aliphatic hydroxyl groups is 1. The zero-order valence-corrected chi connectivity index (χ0v) is 18.6. The monoisotopic (exact) mass is 435 g/mol. The molecule has 8 nitrogen and oxygen atoms in total. The first-order valence-corrected chi connectivity index (χ1v) is 10.8. The van der Waals surface area contributed by atoms with Gasteiger partial charge in [0.2, 0.25) is 0 Å². The summed E-state index contributed by atoms with van der Waals surface area (Å²) in [7, 11) is 0. The van der Waals surface area contributed by atoms with Gasteiger partial charge in [-0.3, -0.25) is 9.59 Å². The molecule has 1 aromatic carbocycles. The van der Waals surface area contributed by atoms with Crippen molar-refractivity contribution < 1.29 is 14.7 Å². The Hall–Kier alpha value is -3.39. The number of nitrogens with one attached hydrogen (secondary N) is 2. The molecule has 0 spiro atoms. The van der Waals surface area contributed by atoms with Crippen LogP contribution in [0, 0.1) is 5.92 Å². The van der Waals surface area contributed by atoms with E-state index in [0.717, 1.165) is 22.2 Å². The molecule has 0 bridgehead atoms. The molecule has 2 heterocycles. The number of carbonyl (C=O) groups excluding carboxylic acids is 2. The van der Waals surface area contributed by atoms with Crippen molar-refractivity contribution in [2.75, 3.05) is 5.32 Å². The summed E-state index contributed by atoms with van der Waals surface area (Å²) in [4.78, 5) is 24.0. The molecule has 0 aliphatic heterocycles. The Morgan fingerprint density at radius 3 is 2.69 bits per heavy atom. The zero-order chi connectivity index (χ0) is 23.0. The number of benzene rings is 1. The molecule has 1 unspecified atom stereocenters. The van der Waals surface area contributed by atoms with Crippen LogP contribution in [0.15, 0.2) is 42.7 Å². The first-order chi connectivity index (χ1) is 15.1. The molecule has 32 heavy (non-hydrogen) atoms. The molecule has 0 radical (unpaired) electrons. The van der Waals surface area contributed by atoms with Crippen LogP contribution in [0.25, 0.3) is 16.6 Å². The van der Waals surface area contributed by atoms with Crippen LogP contribution in [0.4, 0.5) is 5.69 Å². The summed E-state index contributed by atoms with van der Waals surface area (Å²) in [6, 6.07) is 10.0. The topological polar surface area (TPSA) is 122 Å². The standard InChI is InChI=1S/C24H29N5O3/c1-14(16-7-8-16)28-21-19(22(25)30)12-27-29-13-18(10-20(21)29)17-6-4-5-15(9-17)11-26-23(31)24(2,3)32/h4-6,9-10,12-14,16,28,32H,7-8,11H2,1-3H3,(H2,25,30)(H,26,31). The lowest BCUT2D eigenvalue weighted by atomic mass is 10.0. The van der Waals surface area contributed by atoms with Crippen LogP contribution in [-0.4, -0.2) is 38.2 Å². The number of anilines is 1. The molecule has 1 aliphatic rings. The third-order valence-electron chi connectivity index (χ3n) is 5.87. The third kappa shape index (κ3) is 4.60. The van der Waals surface area contributed by atoms with E-state index in [4.69, 9.17) is 5.73 Å². The van der Waals surface area contributed by atoms with E-state index in [-0.39, 0.29) is 6.04 Å². The fourth-order valence-electron chi connectivity index (χ4n) is 3.75. The van der Waals surface area contributed by atoms with Crippen molar-refractivity contribution in [3.63, 3.8) is 0 Å². The van der Waals surface area contributed by atoms with Crippen LogP contribution in [0.1, 0.15) is 49.5 Å². The van der Waals surface area contributed by atoms with Gasteiger partial charge < -0.3 is 21.5 Å². The molecular weight excluding hydrogens is 406 g/mol. The van der Waals surface area contributed by atoms with E-state index in [9.17, 15) is 14.7 Å². The number of nitrogens with zero attached hydrogens (tertiary/aromatic N) is 2. The Kier molecular flexibility index (Phi) is 5.64. The fraction of sp³-hybridized carbons (Fsp3) is 0.375. The van der Waals surface area contributed by atoms with Gasteiger partial charge in [0.05, 0.1) is 23.0 Å². The van der Waals surface area contributed by atoms with Gasteiger partial charge in [-0.1, -0.05) is 18.2 Å². The Bertz CT molecular complexity index is 1170. The van der Waals surface area contributed by atoms with Crippen LogP contribution in [0.5, 0.6) is 0 Å². The summed E-state index contributed by atoms with van der Waals surface area (Å²) in [6.07, 6.45) is 5.78. The SMILES string of the molecule is CC(Nc1c(C(N)=O)cnn2cc(-c3cccc(CNC(=O)C(C)(C)O)c3)cc12)C1CC1. The number of nitrogens with two attached hydrogens (primary N) is 1. The number of hydrogen-bond donors (Lipinski definition) is 4. The molecule has 0 saturated heterocycles. The Labute approximate surface area is 186 Å². The number of aromatic nitrogens is 2. The van der Waals surface area contributed by atoms with Crippen LogP contribution in [0.3, 0.4) is 0 Å². The zero-order valence-electron chi connectivity index (χ0n) is 18.6. The summed E-state index contributed by atoms with van der Waals surface area (Å²) in [6.45, 7) is 5.33. The predicted octanol–water partition coefficient (Wildman–Crippen LogP) is 2.70. The summed E-state index contributed by atoms with van der Waals surface area (Å²) >= 11 is 0. The van der Waals surface area contributed by atoms with E-state index in [1.54, 1.807) is 4.52 Å². The first-order valence-electron chi connectivity index (χ1n) is 10.8. The number of amides is 2. The van der Waals surface area contributed by atoms with Crippen LogP contribution in [-0.2, 0) is 11.3 Å². The molecule has 2 amide bonds. The van der Waals surface area contributed by atoms with Gasteiger partial charge in [-0.25, -0.2) is 4.52 Å². The average molecular weight is 436 g/mol. The van der Waals surface area contributed by atoms with E-state index < -0.39 is 17.4 Å². The van der Waals surface area contributed by atoms with Crippen molar-refractivity contribution in [1.82, 2.24) is 14.9 Å². The van der Waals surface area contributed by atoms with Gasteiger partial charge >= 0.3 is 0 Å². The molecule has 1 atom stereocenters. The number of fused-ring (bicyclic) bond motifs is 1. The van der Waals surface area contributed by atoms with E-state index in [1.807, 2.05) is 36.5 Å². The van der Waals surface area contributed by atoms with E-state index in [1.165, 1.54) is 32.9 Å². The van der Waals surface area contributed by atoms with Crippen molar-refractivity contribution >= 4 is 23.0 Å². The average Bonchev–Trinajstić information content (AvgIpc) is 3.50. The second kappa shape index (κ2) is 8.27. The molecule has 1 saturated carbocycles. The molecule has 8 heteroatoms. The van der Waals surface area contributed by atoms with Crippen LogP contribution >= 0.6 is 0 Å². The summed E-state index contributed by atoms with van der Waals surface area (Å²) in [5.74, 6) is -0.340. The molecule has 168 valence electrons. The van der Waals surface area contributed by atoms with Crippen molar-refractivity contribution in [1.29, 1.82) is 0 Å². The number of primary amides is 1. The number of carbonyl (C=O) groups is 2. The summed E-state index contributed by atoms with van der Waals surface area (Å²) in [5.41, 5.74) is 8.83. The lowest BCUT2D eigenvalue weighted by Gasteiger charge is -2.17. The second-order valence-electron chi connectivity index (χ2n) is 9.07. The van der Waals surface area contributed by atoms with Gasteiger partial charge in [-0.2, -0.15) is 5.10 Å². The second-order valence-corrected chi connectivity index (χ2v) is 9.07. The first kappa shape index (κ1) is 21.8. The lowest BCUT2D eigenvalue weighted by Crippen LogP contribution is -2.41. The largest absolute Gasteiger partial charge is 0.381 e. The van der Waals surface area contributed by atoms with Gasteiger partial charge in [-0.05, 0) is 62.8 Å². The minimum atomic E-state index is -1.43. The lowest BCUT2D eigenvalue weighted by molar-refractivity contribution is -0.136. The molecule has 4 rings (SSSR count). The molecular formula is C24H29N5O3. The highest BCUT2D eigenvalue weighted by atomic mass is 16.3. The third-order valence-corrected chi connectivity index (χ3v) is 5.87. The molecule has 2 aromatic heterocycles. The smallest absolute Gasteiger partial charge is 0.252 e. The van der Waals surface area contributed by atoms with Gasteiger partial charge in [0.25, 0.3) is 11.8 Å². The minimum absolute atomic E-state index is 0.236. The molecule has 5 N–H and O–H groups in total. The normalized spacial score (nSPS) is 14.9. The van der Waals surface area contributed by atoms with Crippen molar-refractivity contribution in [3.8, 4) is 11.1 Å². The van der Waals surface area contributed by atoms with Gasteiger partial charge in [-0.15, -0.1) is 0 Å². The van der Waals surface area contributed by atoms with Crippen molar-refractivity contribution in [2.24, 2.45) is 11.7 Å². The van der Waals surface area contributed by atoms with Crippen molar-refractivity contribution in [2.45, 2.75) is 51.8 Å². The van der Waals surface area contributed by atoms with Gasteiger partial charge in [0.15, 0.2) is 0 Å². The Balaban J connectivity index is 1.65. The maximum atomic E-state index is 12.0. The van der Waals surface area contributed by atoms with Gasteiger partial charge in [0, 0.05) is 24.3 Å². The van der Waals surface area contributed by atoms with E-state index in [2.05, 4.69) is 22.7 Å². The highest BCUT2D eigenvalue weighted by Gasteiger charge is 2.29. The molecule has 1 fully saturated rings.